The van der Waals surface area contributed by atoms with Gasteiger partial charge in [-0.05, 0) is 60.7 Å². The molecule has 1 saturated heterocycles. The molecule has 1 fully saturated rings. The number of thiazole rings is 2. The number of hydrogen-bond acceptors (Lipinski definition) is 6. The number of carbonyl (C=O) groups is 2. The summed E-state index contributed by atoms with van der Waals surface area (Å²) in [6.45, 7) is 1.52. The first-order chi connectivity index (χ1) is 21.4. The average Bonchev–Trinajstić information content (AvgIpc) is 3.65. The number of nitrogens with zero attached hydrogens (tertiary/aromatic N) is 4. The van der Waals surface area contributed by atoms with Gasteiger partial charge in [0.15, 0.2) is 0 Å². The van der Waals surface area contributed by atoms with E-state index < -0.39 is 0 Å². The smallest absolute Gasteiger partial charge is 0.321 e. The summed E-state index contributed by atoms with van der Waals surface area (Å²) in [6.07, 6.45) is 0. The second kappa shape index (κ2) is 11.6. The van der Waals surface area contributed by atoms with Crippen LogP contribution in [0.15, 0.2) is 84.9 Å². The first kappa shape index (κ1) is 27.9. The second-order valence-corrected chi connectivity index (χ2v) is 12.3. The molecule has 4 aromatic carbocycles. The van der Waals surface area contributed by atoms with Gasteiger partial charge in [0, 0.05) is 48.7 Å². The molecule has 1 aliphatic heterocycles. The molecule has 220 valence electrons. The summed E-state index contributed by atoms with van der Waals surface area (Å²) < 4.78 is 29.2. The van der Waals surface area contributed by atoms with E-state index in [2.05, 4.69) is 20.6 Å². The minimum absolute atomic E-state index is 0.256. The lowest BCUT2D eigenvalue weighted by Crippen LogP contribution is -2.52. The molecule has 0 saturated carbocycles. The molecular formula is C32H24F2N6O2S2. The van der Waals surface area contributed by atoms with Crippen LogP contribution < -0.4 is 10.6 Å². The zero-order valence-corrected chi connectivity index (χ0v) is 24.7. The van der Waals surface area contributed by atoms with Crippen LogP contribution in [0.25, 0.3) is 41.6 Å². The number of benzene rings is 4. The van der Waals surface area contributed by atoms with Gasteiger partial charge < -0.3 is 20.4 Å². The number of carbonyl (C=O) groups excluding carboxylic acids is 2. The van der Waals surface area contributed by atoms with E-state index in [1.54, 1.807) is 34.1 Å². The maximum Gasteiger partial charge on any atom is 0.321 e. The van der Waals surface area contributed by atoms with Crippen LogP contribution >= 0.6 is 22.7 Å². The zero-order valence-electron chi connectivity index (χ0n) is 23.1. The maximum atomic E-state index is 13.7. The molecule has 3 heterocycles. The Bertz CT molecular complexity index is 1890. The third-order valence-corrected chi connectivity index (χ3v) is 9.45. The topological polar surface area (TPSA) is 90.5 Å². The van der Waals surface area contributed by atoms with Crippen LogP contribution in [0.2, 0.25) is 0 Å². The Labute approximate surface area is 258 Å². The lowest BCUT2D eigenvalue weighted by Gasteiger charge is -2.34. The Hall–Kier alpha value is -4.94. The van der Waals surface area contributed by atoms with Crippen LogP contribution in [-0.2, 0) is 0 Å². The van der Waals surface area contributed by atoms with Gasteiger partial charge in [-0.15, -0.1) is 22.7 Å². The van der Waals surface area contributed by atoms with Gasteiger partial charge in [0.2, 0.25) is 0 Å². The van der Waals surface area contributed by atoms with Crippen LogP contribution in [0.5, 0.6) is 0 Å². The van der Waals surface area contributed by atoms with Crippen molar-refractivity contribution in [1.29, 1.82) is 0 Å². The summed E-state index contributed by atoms with van der Waals surface area (Å²) in [5.41, 5.74) is 4.06. The molecule has 8 nitrogen and oxygen atoms in total. The van der Waals surface area contributed by atoms with Crippen LogP contribution in [-0.4, -0.2) is 58.0 Å². The van der Waals surface area contributed by atoms with E-state index in [1.807, 2.05) is 36.4 Å². The maximum absolute atomic E-state index is 13.7. The summed E-state index contributed by atoms with van der Waals surface area (Å²) in [4.78, 5) is 38.6. The second-order valence-electron chi connectivity index (χ2n) is 10.3. The number of aromatic nitrogens is 2. The van der Waals surface area contributed by atoms with Crippen molar-refractivity contribution in [2.45, 2.75) is 0 Å². The number of fused-ring (bicyclic) bond motifs is 2. The van der Waals surface area contributed by atoms with Crippen molar-refractivity contribution in [3.63, 3.8) is 0 Å². The Morgan fingerprint density at radius 2 is 1.05 bits per heavy atom. The Balaban J connectivity index is 0.949. The first-order valence-electron chi connectivity index (χ1n) is 13.8. The third-order valence-electron chi connectivity index (χ3n) is 7.27. The van der Waals surface area contributed by atoms with Crippen LogP contribution in [0.4, 0.5) is 29.7 Å². The van der Waals surface area contributed by atoms with E-state index >= 15 is 0 Å². The number of amides is 4. The lowest BCUT2D eigenvalue weighted by molar-refractivity contribution is 0.156. The molecule has 7 rings (SSSR count). The first-order valence-corrected chi connectivity index (χ1v) is 15.5. The molecule has 0 spiro atoms. The number of anilines is 2. The number of rotatable bonds is 4. The minimum Gasteiger partial charge on any atom is -0.321 e. The molecule has 2 N–H and O–H groups in total. The fourth-order valence-electron chi connectivity index (χ4n) is 5.02. The normalized spacial score (nSPS) is 13.4. The molecule has 0 bridgehead atoms. The van der Waals surface area contributed by atoms with E-state index in [4.69, 9.17) is 0 Å². The highest BCUT2D eigenvalue weighted by atomic mass is 32.1. The molecule has 1 aliphatic rings. The fourth-order valence-corrected chi connectivity index (χ4v) is 6.90. The lowest BCUT2D eigenvalue weighted by atomic mass is 10.2. The molecule has 0 aliphatic carbocycles. The third kappa shape index (κ3) is 5.81. The van der Waals surface area contributed by atoms with Gasteiger partial charge in [-0.1, -0.05) is 24.3 Å². The van der Waals surface area contributed by atoms with Crippen molar-refractivity contribution in [1.82, 2.24) is 19.8 Å². The highest BCUT2D eigenvalue weighted by Gasteiger charge is 2.24. The molecule has 12 heteroatoms. The quantitative estimate of drug-likeness (QED) is 0.208. The Kier molecular flexibility index (Phi) is 7.36. The highest BCUT2D eigenvalue weighted by molar-refractivity contribution is 7.22. The van der Waals surface area contributed by atoms with Gasteiger partial charge >= 0.3 is 12.1 Å². The van der Waals surface area contributed by atoms with Crippen LogP contribution in [0, 0.1) is 11.6 Å². The van der Waals surface area contributed by atoms with Crippen molar-refractivity contribution in [2.24, 2.45) is 0 Å². The van der Waals surface area contributed by atoms with Crippen LogP contribution in [0.3, 0.4) is 0 Å². The summed E-state index contributed by atoms with van der Waals surface area (Å²) in [5, 5.41) is 7.26. The van der Waals surface area contributed by atoms with Gasteiger partial charge in [-0.2, -0.15) is 0 Å². The molecule has 2 aromatic heterocycles. The number of piperazine rings is 1. The van der Waals surface area contributed by atoms with E-state index in [9.17, 15) is 18.4 Å². The van der Waals surface area contributed by atoms with Crippen molar-refractivity contribution < 1.29 is 18.4 Å². The van der Waals surface area contributed by atoms with Gasteiger partial charge in [-0.25, -0.2) is 28.3 Å². The van der Waals surface area contributed by atoms with Gasteiger partial charge in [0.1, 0.15) is 21.6 Å². The van der Waals surface area contributed by atoms with E-state index in [-0.39, 0.29) is 23.7 Å². The summed E-state index contributed by atoms with van der Waals surface area (Å²) in [5.74, 6) is -0.636. The summed E-state index contributed by atoms with van der Waals surface area (Å²) in [6, 6.07) is 23.1. The van der Waals surface area contributed by atoms with Crippen molar-refractivity contribution in [2.75, 3.05) is 36.8 Å². The molecule has 0 unspecified atom stereocenters. The van der Waals surface area contributed by atoms with Gasteiger partial charge in [0.05, 0.1) is 20.4 Å². The SMILES string of the molecule is O=C(Nc1ccc2sc(-c3cccc(F)c3)nc2c1)N1CCN(C(=O)Nc2ccc3sc(-c4cccc(F)c4)nc3c2)CC1. The number of urea groups is 2. The highest BCUT2D eigenvalue weighted by Crippen LogP contribution is 2.33. The minimum atomic E-state index is -0.318. The zero-order chi connectivity index (χ0) is 30.2. The van der Waals surface area contributed by atoms with Gasteiger partial charge in [-0.3, -0.25) is 0 Å². The van der Waals surface area contributed by atoms with E-state index in [0.29, 0.717) is 58.7 Å². The average molecular weight is 627 g/mol. The van der Waals surface area contributed by atoms with Crippen molar-refractivity contribution in [3.05, 3.63) is 96.6 Å². The standard InChI is InChI=1S/C32H24F2N6O2S2/c33-21-5-1-3-19(15-21)29-37-25-17-23(7-9-27(25)43-29)35-31(41)39-11-13-40(14-12-39)32(42)36-24-8-10-28-26(18-24)38-30(44-28)20-4-2-6-22(34)16-20/h1-10,15-18H,11-14H2,(H,35,41)(H,36,42). The number of hydrogen-bond donors (Lipinski definition) is 2. The number of halogens is 2. The molecule has 0 atom stereocenters. The molecule has 44 heavy (non-hydrogen) atoms. The summed E-state index contributed by atoms with van der Waals surface area (Å²) >= 11 is 2.92. The molecular weight excluding hydrogens is 603 g/mol. The number of nitrogens with one attached hydrogen (secondary N) is 2. The fraction of sp³-hybridized carbons (Fsp3) is 0.125. The van der Waals surface area contributed by atoms with E-state index in [0.717, 1.165) is 20.4 Å². The van der Waals surface area contributed by atoms with Crippen molar-refractivity contribution >= 4 is 66.5 Å². The van der Waals surface area contributed by atoms with Gasteiger partial charge in [0.25, 0.3) is 0 Å². The largest absolute Gasteiger partial charge is 0.321 e. The monoisotopic (exact) mass is 626 g/mol. The van der Waals surface area contributed by atoms with Crippen LogP contribution in [0.1, 0.15) is 0 Å². The van der Waals surface area contributed by atoms with Crippen molar-refractivity contribution in [3.8, 4) is 21.1 Å². The molecule has 6 aromatic rings. The predicted molar refractivity (Wildman–Crippen MR) is 171 cm³/mol. The van der Waals surface area contributed by atoms with E-state index in [1.165, 1.54) is 46.9 Å². The molecule has 4 amide bonds. The molecule has 0 radical (unpaired) electrons. The Morgan fingerprint density at radius 3 is 1.45 bits per heavy atom. The predicted octanol–water partition coefficient (Wildman–Crippen LogP) is 7.90. The summed E-state index contributed by atoms with van der Waals surface area (Å²) in [7, 11) is 0. The Morgan fingerprint density at radius 1 is 0.614 bits per heavy atom.